The van der Waals surface area contributed by atoms with Crippen LogP contribution in [0.5, 0.6) is 0 Å². The third-order valence-electron chi connectivity index (χ3n) is 4.03. The van der Waals surface area contributed by atoms with Gasteiger partial charge in [0.1, 0.15) is 0 Å². The minimum absolute atomic E-state index is 0.203. The first-order valence-corrected chi connectivity index (χ1v) is 9.01. The fraction of sp³-hybridized carbons (Fsp3) is 0.158. The van der Waals surface area contributed by atoms with Gasteiger partial charge in [-0.2, -0.15) is 5.10 Å². The zero-order valence-corrected chi connectivity index (χ0v) is 15.5. The van der Waals surface area contributed by atoms with Gasteiger partial charge in [0.2, 0.25) is 0 Å². The van der Waals surface area contributed by atoms with E-state index in [0.717, 1.165) is 27.3 Å². The Morgan fingerprint density at radius 2 is 1.92 bits per heavy atom. The number of aryl methyl sites for hydroxylation is 3. The molecule has 0 unspecified atom stereocenters. The molecule has 0 saturated carbocycles. The molecule has 0 atom stereocenters. The Bertz CT molecular complexity index is 1110. The Balaban J connectivity index is 1.85. The first-order valence-electron chi connectivity index (χ1n) is 8.19. The van der Waals surface area contributed by atoms with Crippen LogP contribution >= 0.6 is 11.3 Å². The molecule has 4 aromatic rings. The van der Waals surface area contributed by atoms with E-state index < -0.39 is 0 Å². The van der Waals surface area contributed by atoms with Gasteiger partial charge in [-0.15, -0.1) is 11.3 Å². The number of amides is 1. The summed E-state index contributed by atoms with van der Waals surface area (Å²) in [4.78, 5) is 22.8. The van der Waals surface area contributed by atoms with Crippen LogP contribution < -0.4 is 5.32 Å². The van der Waals surface area contributed by atoms with Gasteiger partial charge in [0, 0.05) is 16.8 Å². The number of nitrogens with one attached hydrogen (secondary N) is 1. The van der Waals surface area contributed by atoms with Gasteiger partial charge in [-0.25, -0.2) is 14.6 Å². The molecule has 3 heterocycles. The number of nitrogens with zero attached hydrogens (tertiary/aromatic N) is 4. The molecule has 4 rings (SSSR count). The summed E-state index contributed by atoms with van der Waals surface area (Å²) >= 11 is 1.45. The van der Waals surface area contributed by atoms with Crippen LogP contribution in [0.2, 0.25) is 0 Å². The highest BCUT2D eigenvalue weighted by Crippen LogP contribution is 2.26. The van der Waals surface area contributed by atoms with Crippen molar-refractivity contribution < 1.29 is 4.79 Å². The van der Waals surface area contributed by atoms with Crippen LogP contribution in [0.15, 0.2) is 42.6 Å². The second-order valence-corrected chi connectivity index (χ2v) is 7.31. The van der Waals surface area contributed by atoms with E-state index in [1.54, 1.807) is 16.9 Å². The highest BCUT2D eigenvalue weighted by molar-refractivity contribution is 7.15. The number of para-hydroxylation sites is 1. The van der Waals surface area contributed by atoms with E-state index in [-0.39, 0.29) is 5.91 Å². The number of carbonyl (C=O) groups is 1. The predicted octanol–water partition coefficient (Wildman–Crippen LogP) is 4.05. The first-order chi connectivity index (χ1) is 12.5. The Hall–Kier alpha value is -3.06. The fourth-order valence-corrected chi connectivity index (χ4v) is 3.58. The summed E-state index contributed by atoms with van der Waals surface area (Å²) in [5, 5.41) is 8.84. The number of benzene rings is 1. The lowest BCUT2D eigenvalue weighted by Crippen LogP contribution is -2.13. The molecule has 0 saturated heterocycles. The van der Waals surface area contributed by atoms with Crippen molar-refractivity contribution in [2.75, 3.05) is 5.32 Å². The Labute approximate surface area is 154 Å². The zero-order valence-electron chi connectivity index (χ0n) is 14.6. The molecule has 130 valence electrons. The maximum absolute atomic E-state index is 12.9. The van der Waals surface area contributed by atoms with Gasteiger partial charge in [-0.3, -0.25) is 10.1 Å². The van der Waals surface area contributed by atoms with E-state index in [0.29, 0.717) is 16.3 Å². The highest BCUT2D eigenvalue weighted by atomic mass is 32.1. The summed E-state index contributed by atoms with van der Waals surface area (Å²) in [6.07, 6.45) is 1.74. The van der Waals surface area contributed by atoms with Crippen molar-refractivity contribution in [1.29, 1.82) is 0 Å². The van der Waals surface area contributed by atoms with Crippen molar-refractivity contribution >= 4 is 33.4 Å². The molecule has 0 spiro atoms. The Morgan fingerprint density at radius 3 is 2.62 bits per heavy atom. The molecular formula is C19H17N5OS. The maximum atomic E-state index is 12.9. The van der Waals surface area contributed by atoms with Gasteiger partial charge < -0.3 is 0 Å². The fourth-order valence-electron chi connectivity index (χ4n) is 2.92. The van der Waals surface area contributed by atoms with Gasteiger partial charge in [-0.1, -0.05) is 18.2 Å². The smallest absolute Gasteiger partial charge is 0.258 e. The summed E-state index contributed by atoms with van der Waals surface area (Å²) in [5.41, 5.74) is 3.66. The molecule has 0 aliphatic carbocycles. The van der Waals surface area contributed by atoms with Crippen LogP contribution in [0.3, 0.4) is 0 Å². The molecule has 1 N–H and O–H groups in total. The number of pyridine rings is 1. The van der Waals surface area contributed by atoms with Gasteiger partial charge in [0.25, 0.3) is 5.91 Å². The molecule has 6 nitrogen and oxygen atoms in total. The lowest BCUT2D eigenvalue weighted by Gasteiger charge is -2.07. The molecule has 0 aliphatic heterocycles. The summed E-state index contributed by atoms with van der Waals surface area (Å²) in [5.74, 6) is -0.203. The number of fused-ring (bicyclic) bond motifs is 1. The molecule has 7 heteroatoms. The van der Waals surface area contributed by atoms with E-state index in [2.05, 4.69) is 20.4 Å². The van der Waals surface area contributed by atoms with Crippen molar-refractivity contribution in [3.05, 3.63) is 64.4 Å². The van der Waals surface area contributed by atoms with Crippen LogP contribution in [0.4, 0.5) is 5.13 Å². The number of thiazole rings is 1. The topological polar surface area (TPSA) is 72.7 Å². The summed E-state index contributed by atoms with van der Waals surface area (Å²) < 4.78 is 1.78. The number of rotatable bonds is 3. The SMILES string of the molecule is Cc1cc(C(=O)Nc2ncc(C)s2)c2c(C)nn(-c3ccccc3)c2n1. The lowest BCUT2D eigenvalue weighted by atomic mass is 10.1. The summed E-state index contributed by atoms with van der Waals surface area (Å²) in [7, 11) is 0. The van der Waals surface area contributed by atoms with Crippen molar-refractivity contribution in [3.63, 3.8) is 0 Å². The van der Waals surface area contributed by atoms with Gasteiger partial charge in [0.05, 0.1) is 22.3 Å². The van der Waals surface area contributed by atoms with Gasteiger partial charge in [-0.05, 0) is 39.0 Å². The quantitative estimate of drug-likeness (QED) is 0.596. The predicted molar refractivity (Wildman–Crippen MR) is 103 cm³/mol. The molecule has 26 heavy (non-hydrogen) atoms. The van der Waals surface area contributed by atoms with Crippen LogP contribution in [-0.2, 0) is 0 Å². The van der Waals surface area contributed by atoms with E-state index in [1.165, 1.54) is 11.3 Å². The van der Waals surface area contributed by atoms with Crippen LogP contribution in [0.1, 0.15) is 26.6 Å². The van der Waals surface area contributed by atoms with E-state index in [4.69, 9.17) is 0 Å². The number of anilines is 1. The van der Waals surface area contributed by atoms with Crippen LogP contribution in [0, 0.1) is 20.8 Å². The number of aromatic nitrogens is 4. The lowest BCUT2D eigenvalue weighted by molar-refractivity contribution is 0.102. The average molecular weight is 363 g/mol. The molecule has 1 amide bonds. The van der Waals surface area contributed by atoms with Crippen LogP contribution in [-0.4, -0.2) is 25.7 Å². The minimum Gasteiger partial charge on any atom is -0.298 e. The molecule has 0 radical (unpaired) electrons. The van der Waals surface area contributed by atoms with E-state index in [9.17, 15) is 4.79 Å². The second-order valence-electron chi connectivity index (χ2n) is 6.07. The molecule has 0 fully saturated rings. The minimum atomic E-state index is -0.203. The zero-order chi connectivity index (χ0) is 18.3. The van der Waals surface area contributed by atoms with E-state index >= 15 is 0 Å². The first kappa shape index (κ1) is 16.4. The monoisotopic (exact) mass is 363 g/mol. The molecule has 0 aliphatic rings. The molecular weight excluding hydrogens is 346 g/mol. The largest absolute Gasteiger partial charge is 0.298 e. The second kappa shape index (κ2) is 6.34. The summed E-state index contributed by atoms with van der Waals surface area (Å²) in [6, 6.07) is 11.6. The van der Waals surface area contributed by atoms with Crippen LogP contribution in [0.25, 0.3) is 16.7 Å². The third kappa shape index (κ3) is 2.86. The maximum Gasteiger partial charge on any atom is 0.258 e. The van der Waals surface area contributed by atoms with Crippen molar-refractivity contribution in [1.82, 2.24) is 19.7 Å². The molecule has 1 aromatic carbocycles. The van der Waals surface area contributed by atoms with Crippen molar-refractivity contribution in [3.8, 4) is 5.69 Å². The highest BCUT2D eigenvalue weighted by Gasteiger charge is 2.20. The van der Waals surface area contributed by atoms with Gasteiger partial charge in [0.15, 0.2) is 10.8 Å². The van der Waals surface area contributed by atoms with Crippen molar-refractivity contribution in [2.45, 2.75) is 20.8 Å². The Kier molecular flexibility index (Phi) is 4.00. The normalized spacial score (nSPS) is 11.0. The van der Waals surface area contributed by atoms with E-state index in [1.807, 2.05) is 51.1 Å². The molecule has 0 bridgehead atoms. The van der Waals surface area contributed by atoms with Gasteiger partial charge >= 0.3 is 0 Å². The summed E-state index contributed by atoms with van der Waals surface area (Å²) in [6.45, 7) is 5.72. The number of hydrogen-bond acceptors (Lipinski definition) is 5. The number of hydrogen-bond donors (Lipinski definition) is 1. The number of carbonyl (C=O) groups excluding carboxylic acids is 1. The standard InChI is InChI=1S/C19H17N5OS/c1-11-9-15(18(25)22-19-20-10-12(2)26-19)16-13(3)23-24(17(16)21-11)14-7-5-4-6-8-14/h4-10H,1-3H3,(H,20,22,25). The average Bonchev–Trinajstić information content (AvgIpc) is 3.18. The Morgan fingerprint density at radius 1 is 1.15 bits per heavy atom. The third-order valence-corrected chi connectivity index (χ3v) is 4.86. The van der Waals surface area contributed by atoms with Crippen molar-refractivity contribution in [2.24, 2.45) is 0 Å². The molecule has 3 aromatic heterocycles.